The largest absolute Gasteiger partial charge is 0.325 e. The fourth-order valence-electron chi connectivity index (χ4n) is 2.44. The molecule has 1 aromatic rings. The average Bonchev–Trinajstić information content (AvgIpc) is 2.48. The summed E-state index contributed by atoms with van der Waals surface area (Å²) in [6, 6.07) is 8.38. The van der Waals surface area contributed by atoms with E-state index >= 15 is 0 Å². The fraction of sp³-hybridized carbons (Fsp3) is 0.562. The van der Waals surface area contributed by atoms with Gasteiger partial charge in [0.05, 0.1) is 0 Å². The lowest BCUT2D eigenvalue weighted by molar-refractivity contribution is 0.186. The van der Waals surface area contributed by atoms with Crippen molar-refractivity contribution < 1.29 is 4.79 Å². The maximum atomic E-state index is 12.2. The van der Waals surface area contributed by atoms with E-state index < -0.39 is 0 Å². The molecule has 110 valence electrons. The smallest absolute Gasteiger partial charge is 0.321 e. The predicted octanol–water partition coefficient (Wildman–Crippen LogP) is 3.23. The van der Waals surface area contributed by atoms with E-state index in [9.17, 15) is 4.79 Å². The van der Waals surface area contributed by atoms with E-state index in [-0.39, 0.29) is 6.03 Å². The molecule has 2 N–H and O–H groups in total. The van der Waals surface area contributed by atoms with E-state index in [4.69, 9.17) is 0 Å². The highest BCUT2D eigenvalue weighted by Gasteiger charge is 2.20. The molecule has 4 heteroatoms. The van der Waals surface area contributed by atoms with E-state index in [1.54, 1.807) is 0 Å². The zero-order chi connectivity index (χ0) is 14.5. The summed E-state index contributed by atoms with van der Waals surface area (Å²) in [5.41, 5.74) is 2.08. The Kier molecular flexibility index (Phi) is 5.01. The standard InChI is InChI=1S/C16H25N3O/c1-12-8-10-19(11-9-12)16(20)18-15-6-4-14(5-7-15)13(2)17-3/h4-7,12-13,17H,8-11H2,1-3H3,(H,18,20). The molecule has 0 bridgehead atoms. The number of rotatable bonds is 3. The van der Waals surface area contributed by atoms with E-state index in [1.165, 1.54) is 5.56 Å². The minimum Gasteiger partial charge on any atom is -0.325 e. The molecule has 2 amide bonds. The number of urea groups is 1. The van der Waals surface area contributed by atoms with Crippen molar-refractivity contribution in [3.05, 3.63) is 29.8 Å². The first-order chi connectivity index (χ1) is 9.60. The van der Waals surface area contributed by atoms with Crippen LogP contribution in [0, 0.1) is 5.92 Å². The van der Waals surface area contributed by atoms with Gasteiger partial charge in [0.1, 0.15) is 0 Å². The summed E-state index contributed by atoms with van der Waals surface area (Å²) >= 11 is 0. The number of hydrogen-bond acceptors (Lipinski definition) is 2. The van der Waals surface area contributed by atoms with E-state index in [0.29, 0.717) is 6.04 Å². The summed E-state index contributed by atoms with van der Waals surface area (Å²) in [7, 11) is 1.94. The molecule has 1 heterocycles. The third-order valence-corrected chi connectivity index (χ3v) is 4.17. The first-order valence-electron chi connectivity index (χ1n) is 7.43. The van der Waals surface area contributed by atoms with E-state index in [1.807, 2.05) is 24.1 Å². The molecule has 1 atom stereocenters. The van der Waals surface area contributed by atoms with E-state index in [2.05, 4.69) is 36.6 Å². The molecular formula is C16H25N3O. The van der Waals surface area contributed by atoms with Crippen LogP contribution in [0.2, 0.25) is 0 Å². The number of carbonyl (C=O) groups excluding carboxylic acids is 1. The Morgan fingerprint density at radius 2 is 1.85 bits per heavy atom. The fourth-order valence-corrected chi connectivity index (χ4v) is 2.44. The third-order valence-electron chi connectivity index (χ3n) is 4.17. The molecule has 4 nitrogen and oxygen atoms in total. The van der Waals surface area contributed by atoms with Crippen molar-refractivity contribution in [3.8, 4) is 0 Å². The molecule has 20 heavy (non-hydrogen) atoms. The molecule has 1 aliphatic heterocycles. The van der Waals surface area contributed by atoms with Crippen LogP contribution in [0.15, 0.2) is 24.3 Å². The Labute approximate surface area is 121 Å². The second kappa shape index (κ2) is 6.75. The van der Waals surface area contributed by atoms with Crippen molar-refractivity contribution in [2.45, 2.75) is 32.7 Å². The Hall–Kier alpha value is -1.55. The SMILES string of the molecule is CNC(C)c1ccc(NC(=O)N2CCC(C)CC2)cc1. The van der Waals surface area contributed by atoms with Gasteiger partial charge in [0.25, 0.3) is 0 Å². The summed E-state index contributed by atoms with van der Waals surface area (Å²) in [6.45, 7) is 6.09. The molecular weight excluding hydrogens is 250 g/mol. The molecule has 2 rings (SSSR count). The first kappa shape index (κ1) is 14.9. The van der Waals surface area contributed by atoms with Crippen molar-refractivity contribution in [1.29, 1.82) is 0 Å². The highest BCUT2D eigenvalue weighted by atomic mass is 16.2. The average molecular weight is 275 g/mol. The zero-order valence-corrected chi connectivity index (χ0v) is 12.6. The lowest BCUT2D eigenvalue weighted by Gasteiger charge is -2.30. The lowest BCUT2D eigenvalue weighted by Crippen LogP contribution is -2.40. The van der Waals surface area contributed by atoms with Crippen LogP contribution in [0.5, 0.6) is 0 Å². The van der Waals surface area contributed by atoms with Crippen molar-refractivity contribution in [2.24, 2.45) is 5.92 Å². The minimum atomic E-state index is 0.0197. The second-order valence-corrected chi connectivity index (χ2v) is 5.73. The number of carbonyl (C=O) groups is 1. The second-order valence-electron chi connectivity index (χ2n) is 5.73. The number of hydrogen-bond donors (Lipinski definition) is 2. The summed E-state index contributed by atoms with van der Waals surface area (Å²) in [5.74, 6) is 0.737. The van der Waals surface area contributed by atoms with Crippen molar-refractivity contribution in [2.75, 3.05) is 25.5 Å². The Morgan fingerprint density at radius 3 is 2.40 bits per heavy atom. The molecule has 0 spiro atoms. The van der Waals surface area contributed by atoms with Crippen LogP contribution in [0.25, 0.3) is 0 Å². The van der Waals surface area contributed by atoms with Gasteiger partial charge < -0.3 is 15.5 Å². The molecule has 1 saturated heterocycles. The van der Waals surface area contributed by atoms with Crippen LogP contribution in [0.1, 0.15) is 38.3 Å². The van der Waals surface area contributed by atoms with Crippen LogP contribution in [-0.2, 0) is 0 Å². The molecule has 1 aliphatic rings. The number of likely N-dealkylation sites (tertiary alicyclic amines) is 1. The van der Waals surface area contributed by atoms with Crippen LogP contribution in [-0.4, -0.2) is 31.1 Å². The van der Waals surface area contributed by atoms with Gasteiger partial charge in [0.2, 0.25) is 0 Å². The van der Waals surface area contributed by atoms with E-state index in [0.717, 1.165) is 37.5 Å². The van der Waals surface area contributed by atoms with Gasteiger partial charge in [-0.3, -0.25) is 0 Å². The highest BCUT2D eigenvalue weighted by molar-refractivity contribution is 5.89. The van der Waals surface area contributed by atoms with Gasteiger partial charge in [0, 0.05) is 24.8 Å². The summed E-state index contributed by atoms with van der Waals surface area (Å²) < 4.78 is 0. The van der Waals surface area contributed by atoms with Gasteiger partial charge in [-0.05, 0) is 50.4 Å². The van der Waals surface area contributed by atoms with Gasteiger partial charge in [-0.1, -0.05) is 19.1 Å². The molecule has 0 radical (unpaired) electrons. The Balaban J connectivity index is 1.91. The predicted molar refractivity (Wildman–Crippen MR) is 82.9 cm³/mol. The molecule has 1 fully saturated rings. The van der Waals surface area contributed by atoms with Crippen LogP contribution >= 0.6 is 0 Å². The Bertz CT molecular complexity index is 436. The summed E-state index contributed by atoms with van der Waals surface area (Å²) in [5, 5.41) is 6.18. The maximum absolute atomic E-state index is 12.2. The monoisotopic (exact) mass is 275 g/mol. The number of benzene rings is 1. The van der Waals surface area contributed by atoms with Gasteiger partial charge in [0.15, 0.2) is 0 Å². The number of nitrogens with one attached hydrogen (secondary N) is 2. The normalized spacial score (nSPS) is 17.9. The maximum Gasteiger partial charge on any atom is 0.321 e. The number of nitrogens with zero attached hydrogens (tertiary/aromatic N) is 1. The number of amides is 2. The van der Waals surface area contributed by atoms with Gasteiger partial charge in [-0.15, -0.1) is 0 Å². The van der Waals surface area contributed by atoms with Crippen molar-refractivity contribution >= 4 is 11.7 Å². The molecule has 0 aromatic heterocycles. The van der Waals surface area contributed by atoms with Gasteiger partial charge >= 0.3 is 6.03 Å². The number of piperidine rings is 1. The lowest BCUT2D eigenvalue weighted by atomic mass is 10.00. The summed E-state index contributed by atoms with van der Waals surface area (Å²) in [6.07, 6.45) is 2.21. The van der Waals surface area contributed by atoms with Crippen LogP contribution in [0.3, 0.4) is 0 Å². The van der Waals surface area contributed by atoms with Gasteiger partial charge in [-0.2, -0.15) is 0 Å². The molecule has 1 unspecified atom stereocenters. The minimum absolute atomic E-state index is 0.0197. The summed E-state index contributed by atoms with van der Waals surface area (Å²) in [4.78, 5) is 14.1. The Morgan fingerprint density at radius 1 is 1.25 bits per heavy atom. The quantitative estimate of drug-likeness (QED) is 0.889. The third kappa shape index (κ3) is 3.73. The molecule has 0 aliphatic carbocycles. The molecule has 1 aromatic carbocycles. The zero-order valence-electron chi connectivity index (χ0n) is 12.6. The number of anilines is 1. The van der Waals surface area contributed by atoms with Crippen LogP contribution < -0.4 is 10.6 Å². The van der Waals surface area contributed by atoms with Crippen LogP contribution in [0.4, 0.5) is 10.5 Å². The first-order valence-corrected chi connectivity index (χ1v) is 7.43. The van der Waals surface area contributed by atoms with Crippen molar-refractivity contribution in [3.63, 3.8) is 0 Å². The molecule has 0 saturated carbocycles. The highest BCUT2D eigenvalue weighted by Crippen LogP contribution is 2.19. The topological polar surface area (TPSA) is 44.4 Å². The van der Waals surface area contributed by atoms with Gasteiger partial charge in [-0.25, -0.2) is 4.79 Å². The van der Waals surface area contributed by atoms with Crippen molar-refractivity contribution in [1.82, 2.24) is 10.2 Å².